The van der Waals surface area contributed by atoms with Crippen LogP contribution >= 0.6 is 0 Å². The topological polar surface area (TPSA) is 74.4 Å². The summed E-state index contributed by atoms with van der Waals surface area (Å²) in [7, 11) is 1.61. The zero-order valence-electron chi connectivity index (χ0n) is 17.6. The highest BCUT2D eigenvalue weighted by atomic mass is 16.5. The van der Waals surface area contributed by atoms with Gasteiger partial charge in [-0.1, -0.05) is 30.3 Å². The molecule has 2 N–H and O–H groups in total. The van der Waals surface area contributed by atoms with Crippen molar-refractivity contribution in [2.75, 3.05) is 20.3 Å². The molecule has 0 aliphatic carbocycles. The van der Waals surface area contributed by atoms with Crippen LogP contribution in [0.5, 0.6) is 0 Å². The van der Waals surface area contributed by atoms with E-state index in [2.05, 4.69) is 29.4 Å². The van der Waals surface area contributed by atoms with E-state index in [9.17, 15) is 9.59 Å². The molecule has 0 saturated heterocycles. The third-order valence-electron chi connectivity index (χ3n) is 5.74. The number of H-pyrrole nitrogens is 1. The number of benzene rings is 2. The number of aryl methyl sites for hydroxylation is 1. The maximum Gasteiger partial charge on any atom is 0.255 e. The van der Waals surface area contributed by atoms with Gasteiger partial charge in [0.2, 0.25) is 0 Å². The average molecular weight is 405 g/mol. The quantitative estimate of drug-likeness (QED) is 0.632. The summed E-state index contributed by atoms with van der Waals surface area (Å²) in [5.41, 5.74) is 5.35. The van der Waals surface area contributed by atoms with Crippen LogP contribution in [0, 0.1) is 6.92 Å². The van der Waals surface area contributed by atoms with Gasteiger partial charge < -0.3 is 19.9 Å². The van der Waals surface area contributed by atoms with Crippen LogP contribution in [-0.2, 0) is 17.7 Å². The molecule has 0 unspecified atom stereocenters. The maximum absolute atomic E-state index is 13.0. The van der Waals surface area contributed by atoms with Crippen LogP contribution in [0.1, 0.15) is 44.3 Å². The van der Waals surface area contributed by atoms with Gasteiger partial charge in [0.05, 0.1) is 17.7 Å². The van der Waals surface area contributed by atoms with Gasteiger partial charge in [-0.05, 0) is 43.0 Å². The number of hydrogen-bond donors (Lipinski definition) is 2. The van der Waals surface area contributed by atoms with Gasteiger partial charge in [-0.2, -0.15) is 0 Å². The van der Waals surface area contributed by atoms with Crippen molar-refractivity contribution >= 4 is 22.7 Å². The monoisotopic (exact) mass is 405 g/mol. The number of ether oxygens (including phenoxy) is 1. The maximum atomic E-state index is 13.0. The van der Waals surface area contributed by atoms with E-state index in [0.29, 0.717) is 37.2 Å². The van der Waals surface area contributed by atoms with Gasteiger partial charge in [0, 0.05) is 43.3 Å². The Morgan fingerprint density at radius 2 is 2.07 bits per heavy atom. The van der Waals surface area contributed by atoms with Gasteiger partial charge in [-0.25, -0.2) is 0 Å². The molecule has 30 heavy (non-hydrogen) atoms. The first-order valence-corrected chi connectivity index (χ1v) is 10.3. The van der Waals surface area contributed by atoms with Crippen molar-refractivity contribution in [3.63, 3.8) is 0 Å². The normalized spacial score (nSPS) is 14.2. The Bertz CT molecular complexity index is 1100. The number of carbonyl (C=O) groups is 2. The highest BCUT2D eigenvalue weighted by molar-refractivity contribution is 6.09. The number of aromatic amines is 1. The molecule has 0 fully saturated rings. The highest BCUT2D eigenvalue weighted by Crippen LogP contribution is 2.26. The molecule has 6 heteroatoms. The van der Waals surface area contributed by atoms with Crippen LogP contribution in [-0.4, -0.2) is 48.0 Å². The van der Waals surface area contributed by atoms with Crippen molar-refractivity contribution < 1.29 is 14.3 Å². The third kappa shape index (κ3) is 3.71. The first kappa shape index (κ1) is 20.2. The number of aromatic nitrogens is 1. The van der Waals surface area contributed by atoms with E-state index >= 15 is 0 Å². The number of methoxy groups -OCH3 is 1. The molecule has 0 spiro atoms. The summed E-state index contributed by atoms with van der Waals surface area (Å²) in [6.45, 7) is 5.58. The van der Waals surface area contributed by atoms with E-state index in [4.69, 9.17) is 4.74 Å². The number of amides is 2. The SMILES string of the molecule is COCCN1Cc2cccc(C(=O)N[C@@H](C)Cc3c[nH]c4c(C)cccc34)c2C1=O. The van der Waals surface area contributed by atoms with Crippen LogP contribution in [0.25, 0.3) is 10.9 Å². The van der Waals surface area contributed by atoms with E-state index < -0.39 is 0 Å². The molecule has 6 nitrogen and oxygen atoms in total. The van der Waals surface area contributed by atoms with Crippen LogP contribution < -0.4 is 5.32 Å². The van der Waals surface area contributed by atoms with Crippen molar-refractivity contribution in [3.8, 4) is 0 Å². The zero-order valence-corrected chi connectivity index (χ0v) is 17.6. The molecule has 0 radical (unpaired) electrons. The lowest BCUT2D eigenvalue weighted by molar-refractivity contribution is 0.0715. The first-order valence-electron chi connectivity index (χ1n) is 10.3. The van der Waals surface area contributed by atoms with Crippen LogP contribution in [0.15, 0.2) is 42.6 Å². The van der Waals surface area contributed by atoms with Crippen molar-refractivity contribution in [1.29, 1.82) is 0 Å². The summed E-state index contributed by atoms with van der Waals surface area (Å²) in [5.74, 6) is -0.315. The number of nitrogens with one attached hydrogen (secondary N) is 2. The van der Waals surface area contributed by atoms with Gasteiger partial charge in [0.25, 0.3) is 11.8 Å². The largest absolute Gasteiger partial charge is 0.383 e. The lowest BCUT2D eigenvalue weighted by Gasteiger charge is -2.16. The average Bonchev–Trinajstić information content (AvgIpc) is 3.28. The van der Waals surface area contributed by atoms with E-state index in [1.165, 1.54) is 16.5 Å². The van der Waals surface area contributed by atoms with E-state index in [1.807, 2.05) is 31.3 Å². The van der Waals surface area contributed by atoms with Crippen LogP contribution in [0.2, 0.25) is 0 Å². The minimum absolute atomic E-state index is 0.0750. The molecule has 2 heterocycles. The number of para-hydroxylation sites is 1. The van der Waals surface area contributed by atoms with Gasteiger partial charge >= 0.3 is 0 Å². The summed E-state index contributed by atoms with van der Waals surface area (Å²) >= 11 is 0. The molecule has 1 atom stereocenters. The molecule has 156 valence electrons. The third-order valence-corrected chi connectivity index (χ3v) is 5.74. The van der Waals surface area contributed by atoms with E-state index in [-0.39, 0.29) is 17.9 Å². The first-order chi connectivity index (χ1) is 14.5. The van der Waals surface area contributed by atoms with E-state index in [1.54, 1.807) is 18.1 Å². The molecule has 3 aromatic rings. The second-order valence-corrected chi connectivity index (χ2v) is 7.95. The molecule has 0 bridgehead atoms. The highest BCUT2D eigenvalue weighted by Gasteiger charge is 2.31. The lowest BCUT2D eigenvalue weighted by atomic mass is 10.0. The molecule has 2 amide bonds. The zero-order chi connectivity index (χ0) is 21.3. The van der Waals surface area contributed by atoms with Gasteiger partial charge in [0.1, 0.15) is 0 Å². The number of rotatable bonds is 7. The molecule has 2 aromatic carbocycles. The Hall–Kier alpha value is -3.12. The predicted molar refractivity (Wildman–Crippen MR) is 117 cm³/mol. The Morgan fingerprint density at radius 1 is 1.27 bits per heavy atom. The summed E-state index contributed by atoms with van der Waals surface area (Å²) < 4.78 is 5.09. The molecule has 4 rings (SSSR count). The Kier molecular flexibility index (Phi) is 5.59. The molecular weight excluding hydrogens is 378 g/mol. The molecule has 1 aliphatic heterocycles. The Morgan fingerprint density at radius 3 is 2.87 bits per heavy atom. The van der Waals surface area contributed by atoms with Crippen molar-refractivity contribution in [3.05, 3.63) is 70.4 Å². The van der Waals surface area contributed by atoms with Crippen LogP contribution in [0.3, 0.4) is 0 Å². The fraction of sp³-hybridized carbons (Fsp3) is 0.333. The van der Waals surface area contributed by atoms with Crippen molar-refractivity contribution in [1.82, 2.24) is 15.2 Å². The smallest absolute Gasteiger partial charge is 0.255 e. The van der Waals surface area contributed by atoms with Crippen molar-refractivity contribution in [2.45, 2.75) is 32.9 Å². The van der Waals surface area contributed by atoms with Gasteiger partial charge in [0.15, 0.2) is 0 Å². The second-order valence-electron chi connectivity index (χ2n) is 7.95. The molecule has 0 saturated carbocycles. The van der Waals surface area contributed by atoms with Gasteiger partial charge in [-0.3, -0.25) is 9.59 Å². The van der Waals surface area contributed by atoms with Crippen LogP contribution in [0.4, 0.5) is 0 Å². The second kappa shape index (κ2) is 8.32. The summed E-state index contributed by atoms with van der Waals surface area (Å²) in [6.07, 6.45) is 2.72. The molecular formula is C24H27N3O3. The molecule has 1 aromatic heterocycles. The van der Waals surface area contributed by atoms with Crippen molar-refractivity contribution in [2.24, 2.45) is 0 Å². The number of fused-ring (bicyclic) bond motifs is 2. The Balaban J connectivity index is 1.49. The number of nitrogens with zero attached hydrogens (tertiary/aromatic N) is 1. The molecule has 1 aliphatic rings. The summed E-state index contributed by atoms with van der Waals surface area (Å²) in [5, 5.41) is 4.25. The standard InChI is InChI=1S/C24H27N3O3/c1-15-6-4-8-19-18(13-25-22(15)19)12-16(2)26-23(28)20-9-5-7-17-14-27(10-11-30-3)24(29)21(17)20/h4-9,13,16,25H,10-12,14H2,1-3H3,(H,26,28)/t16-/m0/s1. The summed E-state index contributed by atoms with van der Waals surface area (Å²) in [4.78, 5) is 30.9. The van der Waals surface area contributed by atoms with Gasteiger partial charge in [-0.15, -0.1) is 0 Å². The minimum atomic E-state index is -0.211. The van der Waals surface area contributed by atoms with E-state index in [0.717, 1.165) is 11.1 Å². The Labute approximate surface area is 176 Å². The minimum Gasteiger partial charge on any atom is -0.383 e. The fourth-order valence-electron chi connectivity index (χ4n) is 4.21. The number of hydrogen-bond acceptors (Lipinski definition) is 3. The lowest BCUT2D eigenvalue weighted by Crippen LogP contribution is -2.35. The fourth-order valence-corrected chi connectivity index (χ4v) is 4.21. The number of carbonyl (C=O) groups excluding carboxylic acids is 2. The summed E-state index contributed by atoms with van der Waals surface area (Å²) in [6, 6.07) is 11.6. The predicted octanol–water partition coefficient (Wildman–Crippen LogP) is 3.44.